The van der Waals surface area contributed by atoms with E-state index in [9.17, 15) is 0 Å². The van der Waals surface area contributed by atoms with Gasteiger partial charge in [-0.15, -0.1) is 0 Å². The van der Waals surface area contributed by atoms with Crippen molar-refractivity contribution in [1.29, 1.82) is 0 Å². The Labute approximate surface area is 282 Å². The Kier molecular flexibility index (Phi) is 6.15. The van der Waals surface area contributed by atoms with Gasteiger partial charge in [0, 0.05) is 33.2 Å². The quantitative estimate of drug-likeness (QED) is 0.196. The van der Waals surface area contributed by atoms with Gasteiger partial charge in [0.1, 0.15) is 0 Å². The molecular weight excluding hydrogens is 597 g/mol. The maximum Gasteiger partial charge on any atom is 0.164 e. The molecular formula is C45H28N4. The Hall–Kier alpha value is -6.65. The molecule has 2 heterocycles. The average Bonchev–Trinajstić information content (AvgIpc) is 3.51. The molecule has 0 aliphatic carbocycles. The maximum absolute atomic E-state index is 5.15. The highest BCUT2D eigenvalue weighted by atomic mass is 15.0. The van der Waals surface area contributed by atoms with Crippen molar-refractivity contribution in [2.45, 2.75) is 0 Å². The van der Waals surface area contributed by atoms with Crippen LogP contribution in [0.4, 0.5) is 0 Å². The summed E-state index contributed by atoms with van der Waals surface area (Å²) >= 11 is 0. The monoisotopic (exact) mass is 624 g/mol. The molecule has 0 spiro atoms. The molecule has 0 aliphatic rings. The molecule has 0 atom stereocenters. The number of hydrogen-bond donors (Lipinski definition) is 0. The molecule has 49 heavy (non-hydrogen) atoms. The van der Waals surface area contributed by atoms with Crippen molar-refractivity contribution in [3.63, 3.8) is 0 Å². The van der Waals surface area contributed by atoms with Crippen molar-refractivity contribution in [2.24, 2.45) is 0 Å². The van der Waals surface area contributed by atoms with E-state index in [-0.39, 0.29) is 0 Å². The summed E-state index contributed by atoms with van der Waals surface area (Å²) in [6.07, 6.45) is 0. The van der Waals surface area contributed by atoms with Crippen LogP contribution >= 0.6 is 0 Å². The van der Waals surface area contributed by atoms with Crippen molar-refractivity contribution in [3.05, 3.63) is 170 Å². The summed E-state index contributed by atoms with van der Waals surface area (Å²) in [6, 6.07) is 59.9. The molecule has 0 N–H and O–H groups in total. The Bertz CT molecular complexity index is 2750. The minimum atomic E-state index is 0.650. The molecule has 10 rings (SSSR count). The van der Waals surface area contributed by atoms with Gasteiger partial charge in [0.15, 0.2) is 17.5 Å². The molecule has 0 saturated carbocycles. The third kappa shape index (κ3) is 4.57. The molecule has 4 heteroatoms. The van der Waals surface area contributed by atoms with Crippen LogP contribution in [-0.4, -0.2) is 19.5 Å². The van der Waals surface area contributed by atoms with E-state index in [0.717, 1.165) is 43.9 Å². The Morgan fingerprint density at radius 1 is 0.327 bits per heavy atom. The lowest BCUT2D eigenvalue weighted by molar-refractivity contribution is 1.08. The van der Waals surface area contributed by atoms with E-state index in [4.69, 9.17) is 15.0 Å². The Balaban J connectivity index is 1.17. The van der Waals surface area contributed by atoms with Gasteiger partial charge in [0.2, 0.25) is 0 Å². The highest BCUT2D eigenvalue weighted by molar-refractivity contribution is 6.09. The number of aromatic nitrogens is 4. The van der Waals surface area contributed by atoms with Gasteiger partial charge < -0.3 is 4.57 Å². The molecule has 0 amide bonds. The summed E-state index contributed by atoms with van der Waals surface area (Å²) in [7, 11) is 0. The zero-order valence-electron chi connectivity index (χ0n) is 26.5. The first kappa shape index (κ1) is 27.5. The molecule has 0 bridgehead atoms. The van der Waals surface area contributed by atoms with Gasteiger partial charge in [0.05, 0.1) is 11.0 Å². The van der Waals surface area contributed by atoms with Gasteiger partial charge in [-0.25, -0.2) is 15.0 Å². The smallest absolute Gasteiger partial charge is 0.164 e. The Morgan fingerprint density at radius 3 is 1.45 bits per heavy atom. The normalized spacial score (nSPS) is 11.7. The summed E-state index contributed by atoms with van der Waals surface area (Å²) < 4.78 is 2.36. The highest BCUT2D eigenvalue weighted by Crippen LogP contribution is 2.35. The fourth-order valence-electron chi connectivity index (χ4n) is 7.22. The van der Waals surface area contributed by atoms with Crippen LogP contribution in [0.3, 0.4) is 0 Å². The van der Waals surface area contributed by atoms with Crippen molar-refractivity contribution >= 4 is 54.1 Å². The lowest BCUT2D eigenvalue weighted by atomic mass is 10.0. The first-order valence-electron chi connectivity index (χ1n) is 16.5. The Morgan fingerprint density at radius 2 is 0.837 bits per heavy atom. The summed E-state index contributed by atoms with van der Waals surface area (Å²) in [4.78, 5) is 15.4. The third-order valence-corrected chi connectivity index (χ3v) is 9.59. The van der Waals surface area contributed by atoms with Gasteiger partial charge in [-0.3, -0.25) is 0 Å². The molecule has 2 aromatic heterocycles. The van der Waals surface area contributed by atoms with Crippen LogP contribution in [0.2, 0.25) is 0 Å². The molecule has 10 aromatic rings. The van der Waals surface area contributed by atoms with Crippen LogP contribution in [0.5, 0.6) is 0 Å². The zero-order chi connectivity index (χ0) is 32.3. The van der Waals surface area contributed by atoms with Crippen molar-refractivity contribution in [3.8, 4) is 39.9 Å². The first-order chi connectivity index (χ1) is 24.3. The minimum Gasteiger partial charge on any atom is -0.309 e. The average molecular weight is 625 g/mol. The molecule has 8 aromatic carbocycles. The number of rotatable bonds is 4. The van der Waals surface area contributed by atoms with Gasteiger partial charge in [0.25, 0.3) is 0 Å². The van der Waals surface area contributed by atoms with Crippen LogP contribution in [0.15, 0.2) is 170 Å². The fraction of sp³-hybridized carbons (Fsp3) is 0. The van der Waals surface area contributed by atoms with Crippen LogP contribution in [0.1, 0.15) is 0 Å². The van der Waals surface area contributed by atoms with Gasteiger partial charge >= 0.3 is 0 Å². The summed E-state index contributed by atoms with van der Waals surface area (Å²) in [6.45, 7) is 0. The van der Waals surface area contributed by atoms with Crippen LogP contribution in [0, 0.1) is 0 Å². The number of fused-ring (bicyclic) bond motifs is 6. The van der Waals surface area contributed by atoms with E-state index in [0.29, 0.717) is 17.5 Å². The van der Waals surface area contributed by atoms with Gasteiger partial charge in [-0.2, -0.15) is 0 Å². The number of para-hydroxylation sites is 2. The molecule has 4 nitrogen and oxygen atoms in total. The summed E-state index contributed by atoms with van der Waals surface area (Å²) in [5, 5.41) is 9.38. The van der Waals surface area contributed by atoms with Crippen LogP contribution < -0.4 is 0 Å². The predicted molar refractivity (Wildman–Crippen MR) is 203 cm³/mol. The molecule has 0 radical (unpaired) electrons. The third-order valence-electron chi connectivity index (χ3n) is 9.59. The van der Waals surface area contributed by atoms with E-state index in [1.54, 1.807) is 0 Å². The minimum absolute atomic E-state index is 0.650. The van der Waals surface area contributed by atoms with E-state index < -0.39 is 0 Å². The maximum atomic E-state index is 5.15. The SMILES string of the molecule is c1ccc2cc(-c3nc(-c4ccc5ccccc5c4)nc(-c4cccc5cc(-n6c7ccccc7c7ccccc76)ccc45)n3)ccc2c1. The van der Waals surface area contributed by atoms with E-state index in [1.165, 1.54) is 32.6 Å². The lowest BCUT2D eigenvalue weighted by Crippen LogP contribution is -2.01. The standard InChI is InChI=1S/C45H28N4/c1-3-12-31-26-34(22-20-29(31)10-1)43-46-44(35-23-21-30-11-2-4-13-32(30)27-35)48-45(47-43)40-17-9-14-33-28-36(24-25-37(33)40)49-41-18-7-5-15-38(41)39-16-6-8-19-42(39)49/h1-28H. The van der Waals surface area contributed by atoms with E-state index in [1.807, 2.05) is 0 Å². The van der Waals surface area contributed by atoms with Crippen molar-refractivity contribution in [1.82, 2.24) is 19.5 Å². The second-order valence-electron chi connectivity index (χ2n) is 12.5. The number of nitrogens with zero attached hydrogens (tertiary/aromatic N) is 4. The topological polar surface area (TPSA) is 43.6 Å². The van der Waals surface area contributed by atoms with Gasteiger partial charge in [-0.1, -0.05) is 133 Å². The number of benzene rings is 8. The molecule has 228 valence electrons. The molecule has 0 aliphatic heterocycles. The summed E-state index contributed by atoms with van der Waals surface area (Å²) in [5.74, 6) is 1.95. The number of hydrogen-bond acceptors (Lipinski definition) is 3. The zero-order valence-corrected chi connectivity index (χ0v) is 26.5. The molecule has 0 fully saturated rings. The van der Waals surface area contributed by atoms with Crippen molar-refractivity contribution in [2.75, 3.05) is 0 Å². The first-order valence-corrected chi connectivity index (χ1v) is 16.5. The van der Waals surface area contributed by atoms with Crippen LogP contribution in [0.25, 0.3) is 94.0 Å². The largest absolute Gasteiger partial charge is 0.309 e. The highest BCUT2D eigenvalue weighted by Gasteiger charge is 2.17. The second-order valence-corrected chi connectivity index (χ2v) is 12.5. The fourth-order valence-corrected chi connectivity index (χ4v) is 7.22. The summed E-state index contributed by atoms with van der Waals surface area (Å²) in [5.41, 5.74) is 6.38. The second kappa shape index (κ2) is 11.0. The predicted octanol–water partition coefficient (Wildman–Crippen LogP) is 11.4. The molecule has 0 saturated heterocycles. The van der Waals surface area contributed by atoms with E-state index in [2.05, 4.69) is 174 Å². The van der Waals surface area contributed by atoms with Crippen molar-refractivity contribution < 1.29 is 0 Å². The van der Waals surface area contributed by atoms with Gasteiger partial charge in [-0.05, 0) is 68.7 Å². The molecule has 0 unspecified atom stereocenters. The van der Waals surface area contributed by atoms with Crippen LogP contribution in [-0.2, 0) is 0 Å². The van der Waals surface area contributed by atoms with E-state index >= 15 is 0 Å². The lowest BCUT2D eigenvalue weighted by Gasteiger charge is -2.13.